The van der Waals surface area contributed by atoms with Crippen LogP contribution in [0, 0.1) is 17.2 Å². The maximum atomic E-state index is 12.9. The number of carbonyl (C=O) groups is 1. The van der Waals surface area contributed by atoms with Crippen LogP contribution in [0.2, 0.25) is 0 Å². The third-order valence-electron chi connectivity index (χ3n) is 7.13. The highest BCUT2D eigenvalue weighted by Gasteiger charge is 2.27. The molecule has 0 unspecified atom stereocenters. The third kappa shape index (κ3) is 8.17. The van der Waals surface area contributed by atoms with Crippen LogP contribution in [-0.4, -0.2) is 59.4 Å². The van der Waals surface area contributed by atoms with Gasteiger partial charge in [0.05, 0.1) is 11.0 Å². The second kappa shape index (κ2) is 13.8. The van der Waals surface area contributed by atoms with Crippen molar-refractivity contribution < 1.29 is 17.9 Å². The predicted octanol–water partition coefficient (Wildman–Crippen LogP) is 4.33. The quantitative estimate of drug-likeness (QED) is 0.328. The van der Waals surface area contributed by atoms with Gasteiger partial charge in [-0.15, -0.1) is 0 Å². The van der Waals surface area contributed by atoms with Crippen molar-refractivity contribution in [2.45, 2.75) is 37.4 Å². The molecule has 9 heteroatoms. The first kappa shape index (κ1) is 30.3. The molecule has 1 saturated heterocycles. The predicted molar refractivity (Wildman–Crippen MR) is 161 cm³/mol. The van der Waals surface area contributed by atoms with Crippen molar-refractivity contribution in [3.63, 3.8) is 0 Å². The molecule has 2 N–H and O–H groups in total. The fraction of sp³-hybridized carbons (Fsp3) is 0.375. The highest BCUT2D eigenvalue weighted by atomic mass is 32.2. The van der Waals surface area contributed by atoms with Crippen molar-refractivity contribution in [2.24, 2.45) is 5.92 Å². The number of amides is 1. The molecule has 1 aliphatic rings. The van der Waals surface area contributed by atoms with E-state index >= 15 is 0 Å². The van der Waals surface area contributed by atoms with E-state index in [-0.39, 0.29) is 23.3 Å². The van der Waals surface area contributed by atoms with Crippen LogP contribution in [0.5, 0.6) is 0 Å². The number of ether oxygens (including phenoxy) is 1. The second-order valence-electron chi connectivity index (χ2n) is 10.8. The largest absolute Gasteiger partial charge is 0.369 e. The molecule has 1 aliphatic heterocycles. The first-order valence-corrected chi connectivity index (χ1v) is 15.8. The summed E-state index contributed by atoms with van der Waals surface area (Å²) < 4.78 is 30.5. The van der Waals surface area contributed by atoms with Gasteiger partial charge >= 0.3 is 0 Å². The molecule has 1 fully saturated rings. The molecule has 4 rings (SSSR count). The van der Waals surface area contributed by atoms with Crippen LogP contribution in [0.15, 0.2) is 77.7 Å². The van der Waals surface area contributed by atoms with E-state index in [2.05, 4.69) is 39.8 Å². The molecule has 2 atom stereocenters. The first-order chi connectivity index (χ1) is 19.7. The number of nitrogens with one attached hydrogen (secondary N) is 2. The minimum Gasteiger partial charge on any atom is -0.369 e. The lowest BCUT2D eigenvalue weighted by molar-refractivity contribution is -0.136. The molecule has 216 valence electrons. The number of sulfone groups is 1. The molecule has 0 bridgehead atoms. The molecule has 41 heavy (non-hydrogen) atoms. The van der Waals surface area contributed by atoms with Gasteiger partial charge in [-0.1, -0.05) is 62.4 Å². The summed E-state index contributed by atoms with van der Waals surface area (Å²) in [5.74, 6) is -0.174. The minimum atomic E-state index is -3.36. The number of hydrogen-bond donors (Lipinski definition) is 2. The number of nitriles is 1. The lowest BCUT2D eigenvalue weighted by atomic mass is 9.97. The molecular formula is C32H38N4O4S. The van der Waals surface area contributed by atoms with E-state index in [9.17, 15) is 13.2 Å². The number of hydrogen-bond acceptors (Lipinski definition) is 7. The molecular weight excluding hydrogens is 536 g/mol. The fourth-order valence-corrected chi connectivity index (χ4v) is 5.57. The average molecular weight is 575 g/mol. The van der Waals surface area contributed by atoms with Crippen molar-refractivity contribution >= 4 is 21.4 Å². The van der Waals surface area contributed by atoms with Gasteiger partial charge in [-0.25, -0.2) is 8.42 Å². The summed E-state index contributed by atoms with van der Waals surface area (Å²) in [5.41, 5.74) is 4.92. The Morgan fingerprint density at radius 1 is 0.951 bits per heavy atom. The zero-order valence-electron chi connectivity index (χ0n) is 23.8. The zero-order valence-corrected chi connectivity index (χ0v) is 24.7. The SMILES string of the molecule is CC(C)C[C@H](O[C@@H](c1ccc(-c2ccc(N3CCNCC3)cc2)cc1)c1ccc(S(C)(=O)=O)cc1)C(=O)NCC#N. The topological polar surface area (TPSA) is 112 Å². The van der Waals surface area contributed by atoms with Gasteiger partial charge in [-0.3, -0.25) is 4.79 Å². The van der Waals surface area contributed by atoms with Crippen molar-refractivity contribution in [1.29, 1.82) is 5.26 Å². The number of carbonyl (C=O) groups excluding carboxylic acids is 1. The molecule has 8 nitrogen and oxygen atoms in total. The summed E-state index contributed by atoms with van der Waals surface area (Å²) in [6, 6.07) is 25.1. The maximum absolute atomic E-state index is 12.9. The lowest BCUT2D eigenvalue weighted by Crippen LogP contribution is -2.43. The summed E-state index contributed by atoms with van der Waals surface area (Å²) in [7, 11) is -3.36. The summed E-state index contributed by atoms with van der Waals surface area (Å²) in [6.07, 6.45) is 0.222. The standard InChI is InChI=1S/C32H38N4O4S/c1-23(2)22-30(32(37)35-17-16-33)40-31(27-10-14-29(15-11-27)41(3,38)39)26-6-4-24(5-7-26)25-8-12-28(13-9-25)36-20-18-34-19-21-36/h4-15,23,30-31,34H,17-22H2,1-3H3,(H,35,37)/t30-,31-/m0/s1. The lowest BCUT2D eigenvalue weighted by Gasteiger charge is -2.29. The van der Waals surface area contributed by atoms with E-state index in [1.807, 2.05) is 44.2 Å². The molecule has 0 aliphatic carbocycles. The monoisotopic (exact) mass is 574 g/mol. The van der Waals surface area contributed by atoms with Crippen molar-refractivity contribution in [3.8, 4) is 17.2 Å². The van der Waals surface area contributed by atoms with E-state index in [0.29, 0.717) is 6.42 Å². The van der Waals surface area contributed by atoms with Crippen molar-refractivity contribution in [3.05, 3.63) is 83.9 Å². The second-order valence-corrected chi connectivity index (χ2v) is 12.8. The third-order valence-corrected chi connectivity index (χ3v) is 8.26. The molecule has 0 spiro atoms. The Balaban J connectivity index is 1.62. The van der Waals surface area contributed by atoms with Gasteiger partial charge in [0.2, 0.25) is 5.91 Å². The van der Waals surface area contributed by atoms with Gasteiger partial charge in [0, 0.05) is 38.1 Å². The highest BCUT2D eigenvalue weighted by molar-refractivity contribution is 7.90. The number of anilines is 1. The van der Waals surface area contributed by atoms with E-state index < -0.39 is 22.0 Å². The van der Waals surface area contributed by atoms with Gasteiger partial charge in [-0.2, -0.15) is 5.26 Å². The Hall–Kier alpha value is -3.71. The van der Waals surface area contributed by atoms with Crippen LogP contribution in [0.4, 0.5) is 5.69 Å². The number of piperazine rings is 1. The van der Waals surface area contributed by atoms with Gasteiger partial charge in [0.25, 0.3) is 0 Å². The Morgan fingerprint density at radius 2 is 1.49 bits per heavy atom. The minimum absolute atomic E-state index is 0.105. The Bertz CT molecular complexity index is 1440. The molecule has 0 aromatic heterocycles. The van der Waals surface area contributed by atoms with Gasteiger partial charge in [0.1, 0.15) is 18.8 Å². The van der Waals surface area contributed by atoms with Gasteiger partial charge in [-0.05, 0) is 58.9 Å². The fourth-order valence-electron chi connectivity index (χ4n) is 4.93. The number of nitrogens with zero attached hydrogens (tertiary/aromatic N) is 2. The van der Waals surface area contributed by atoms with Crippen LogP contribution in [0.3, 0.4) is 0 Å². The van der Waals surface area contributed by atoms with E-state index in [1.54, 1.807) is 24.3 Å². The summed E-state index contributed by atoms with van der Waals surface area (Å²) in [5, 5.41) is 15.0. The molecule has 1 heterocycles. The first-order valence-electron chi connectivity index (χ1n) is 13.9. The van der Waals surface area contributed by atoms with Crippen molar-refractivity contribution in [2.75, 3.05) is 43.9 Å². The summed E-state index contributed by atoms with van der Waals surface area (Å²) in [6.45, 7) is 7.87. The normalized spacial score (nSPS) is 15.2. The van der Waals surface area contributed by atoms with E-state index in [4.69, 9.17) is 10.00 Å². The van der Waals surface area contributed by atoms with Crippen LogP contribution < -0.4 is 15.5 Å². The molecule has 3 aromatic carbocycles. The number of rotatable bonds is 11. The van der Waals surface area contributed by atoms with E-state index in [1.165, 1.54) is 11.9 Å². The van der Waals surface area contributed by atoms with Crippen LogP contribution in [-0.2, 0) is 19.4 Å². The van der Waals surface area contributed by atoms with Gasteiger partial charge < -0.3 is 20.3 Å². The zero-order chi connectivity index (χ0) is 29.4. The van der Waals surface area contributed by atoms with Crippen LogP contribution in [0.25, 0.3) is 11.1 Å². The number of benzene rings is 3. The van der Waals surface area contributed by atoms with Crippen molar-refractivity contribution in [1.82, 2.24) is 10.6 Å². The molecule has 0 radical (unpaired) electrons. The molecule has 1 amide bonds. The summed E-state index contributed by atoms with van der Waals surface area (Å²) >= 11 is 0. The molecule has 3 aromatic rings. The van der Waals surface area contributed by atoms with Crippen LogP contribution in [0.1, 0.15) is 37.5 Å². The van der Waals surface area contributed by atoms with Gasteiger partial charge in [0.15, 0.2) is 9.84 Å². The Labute approximate surface area is 243 Å². The Morgan fingerprint density at radius 3 is 2.00 bits per heavy atom. The Kier molecular flexibility index (Phi) is 10.2. The molecule has 0 saturated carbocycles. The van der Waals surface area contributed by atoms with E-state index in [0.717, 1.165) is 48.4 Å². The summed E-state index contributed by atoms with van der Waals surface area (Å²) in [4.78, 5) is 15.5. The van der Waals surface area contributed by atoms with Crippen LogP contribution >= 0.6 is 0 Å². The average Bonchev–Trinajstić information content (AvgIpc) is 2.98. The maximum Gasteiger partial charge on any atom is 0.250 e. The highest BCUT2D eigenvalue weighted by Crippen LogP contribution is 2.32. The smallest absolute Gasteiger partial charge is 0.250 e.